The van der Waals surface area contributed by atoms with Crippen molar-refractivity contribution in [3.63, 3.8) is 0 Å². The second-order valence-corrected chi connectivity index (χ2v) is 1.77. The highest BCUT2D eigenvalue weighted by atomic mass is 14.8. The van der Waals surface area contributed by atoms with Gasteiger partial charge < -0.3 is 0 Å². The molecule has 1 aromatic heterocycles. The van der Waals surface area contributed by atoms with E-state index in [0.29, 0.717) is 11.4 Å². The molecule has 0 saturated carbocycles. The van der Waals surface area contributed by atoms with Crippen molar-refractivity contribution in [2.24, 2.45) is 0 Å². The maximum Gasteiger partial charge on any atom is 0.115 e. The van der Waals surface area contributed by atoms with Crippen LogP contribution in [0, 0.1) is 20.8 Å². The fourth-order valence-electron chi connectivity index (χ4n) is 0.478. The smallest absolute Gasteiger partial charge is 0.115 e. The third kappa shape index (κ3) is 1.07. The lowest BCUT2D eigenvalue weighted by molar-refractivity contribution is 1.07. The summed E-state index contributed by atoms with van der Waals surface area (Å²) in [7, 11) is 0. The summed E-state index contributed by atoms with van der Waals surface area (Å²) in [5.74, 6) is 0. The largest absolute Gasteiger partial charge is 0.241 e. The third-order valence-corrected chi connectivity index (χ3v) is 1.16. The Balaban J connectivity index is 3.25. The quantitative estimate of drug-likeness (QED) is 0.506. The van der Waals surface area contributed by atoms with Gasteiger partial charge in [-0.1, -0.05) is 0 Å². The van der Waals surface area contributed by atoms with E-state index in [2.05, 4.69) is 9.97 Å². The van der Waals surface area contributed by atoms with Gasteiger partial charge in [0.1, 0.15) is 6.33 Å². The van der Waals surface area contributed by atoms with Crippen LogP contribution in [0.25, 0.3) is 0 Å². The van der Waals surface area contributed by atoms with E-state index in [-0.39, 0.29) is 0 Å². The van der Waals surface area contributed by atoms with Gasteiger partial charge in [0.05, 0.1) is 11.4 Å². The lowest BCUT2D eigenvalue weighted by Gasteiger charge is -1.97. The van der Waals surface area contributed by atoms with Gasteiger partial charge in [0.2, 0.25) is 0 Å². The molecule has 0 aliphatic rings. The summed E-state index contributed by atoms with van der Waals surface area (Å²) in [5, 5.41) is 0. The summed E-state index contributed by atoms with van der Waals surface area (Å²) in [6, 6.07) is 0. The molecule has 44 valence electrons. The van der Waals surface area contributed by atoms with Gasteiger partial charge in [-0.3, -0.25) is 0 Å². The van der Waals surface area contributed by atoms with Crippen molar-refractivity contribution in [3.8, 4) is 0 Å². The molecular weight excluding hydrogens is 112 g/mol. The Labute approximate surface area is 55.0 Å². The maximum atomic E-state index is 5.39. The summed E-state index contributed by atoms with van der Waals surface area (Å²) in [6.45, 7) is 12.6. The van der Waals surface area contributed by atoms with Crippen LogP contribution >= 0.6 is 0 Å². The van der Waals surface area contributed by atoms with Crippen LogP contribution in [0.3, 0.4) is 0 Å². The topological polar surface area (TPSA) is 25.8 Å². The lowest BCUT2D eigenvalue weighted by Crippen LogP contribution is -1.92. The first-order chi connectivity index (χ1) is 4.22. The van der Waals surface area contributed by atoms with Gasteiger partial charge in [-0.2, -0.15) is 0 Å². The van der Waals surface area contributed by atoms with Crippen molar-refractivity contribution in [1.29, 1.82) is 0 Å². The average molecular weight is 118 g/mol. The van der Waals surface area contributed by atoms with Crippen LogP contribution in [0.5, 0.6) is 0 Å². The maximum absolute atomic E-state index is 5.39. The number of nitrogens with zero attached hydrogens (tertiary/aromatic N) is 2. The SMILES string of the molecule is [CH]c1ncnc([CH])c1C. The third-order valence-electron chi connectivity index (χ3n) is 1.16. The molecule has 0 saturated heterocycles. The zero-order valence-corrected chi connectivity index (χ0v) is 5.13. The molecule has 2 nitrogen and oxygen atoms in total. The fourth-order valence-corrected chi connectivity index (χ4v) is 0.478. The molecule has 0 N–H and O–H groups in total. The van der Waals surface area contributed by atoms with E-state index in [1.54, 1.807) is 6.92 Å². The highest BCUT2D eigenvalue weighted by Gasteiger charge is 1.95. The van der Waals surface area contributed by atoms with Crippen LogP contribution in [0.2, 0.25) is 0 Å². The average Bonchev–Trinajstić information content (AvgIpc) is 1.83. The van der Waals surface area contributed by atoms with Crippen LogP contribution < -0.4 is 0 Å². The molecule has 0 spiro atoms. The van der Waals surface area contributed by atoms with Crippen LogP contribution in [-0.4, -0.2) is 9.97 Å². The van der Waals surface area contributed by atoms with Crippen molar-refractivity contribution >= 4 is 0 Å². The molecular formula is C7H6N2. The van der Waals surface area contributed by atoms with Gasteiger partial charge in [0.25, 0.3) is 0 Å². The van der Waals surface area contributed by atoms with E-state index in [1.165, 1.54) is 6.33 Å². The number of hydrogen-bond acceptors (Lipinski definition) is 2. The van der Waals surface area contributed by atoms with E-state index < -0.39 is 0 Å². The Kier molecular flexibility index (Phi) is 1.47. The van der Waals surface area contributed by atoms with Crippen molar-refractivity contribution < 1.29 is 0 Å². The minimum absolute atomic E-state index is 0.447. The molecule has 1 aromatic rings. The molecule has 0 atom stereocenters. The van der Waals surface area contributed by atoms with Gasteiger partial charge in [-0.05, 0) is 12.5 Å². The lowest BCUT2D eigenvalue weighted by atomic mass is 10.2. The zero-order valence-electron chi connectivity index (χ0n) is 5.13. The van der Waals surface area contributed by atoms with Gasteiger partial charge in [0.15, 0.2) is 0 Å². The molecule has 0 fully saturated rings. The van der Waals surface area contributed by atoms with Gasteiger partial charge in [0, 0.05) is 13.8 Å². The second-order valence-electron chi connectivity index (χ2n) is 1.77. The Hall–Kier alpha value is -0.920. The molecule has 0 aliphatic heterocycles. The Morgan fingerprint density at radius 1 is 1.22 bits per heavy atom. The normalized spacial score (nSPS) is 9.67. The Morgan fingerprint density at radius 3 is 2.00 bits per heavy atom. The van der Waals surface area contributed by atoms with Crippen LogP contribution in [0.15, 0.2) is 6.33 Å². The monoisotopic (exact) mass is 118 g/mol. The summed E-state index contributed by atoms with van der Waals surface area (Å²) in [5.41, 5.74) is 1.64. The molecule has 0 unspecified atom stereocenters. The summed E-state index contributed by atoms with van der Waals surface area (Å²) in [6.07, 6.45) is 1.34. The molecule has 1 rings (SSSR count). The van der Waals surface area contributed by atoms with Crippen LogP contribution in [0.1, 0.15) is 17.0 Å². The summed E-state index contributed by atoms with van der Waals surface area (Å²) >= 11 is 0. The minimum Gasteiger partial charge on any atom is -0.241 e. The molecule has 1 heterocycles. The first kappa shape index (κ1) is 6.20. The first-order valence-corrected chi connectivity index (χ1v) is 2.54. The van der Waals surface area contributed by atoms with Crippen LogP contribution in [-0.2, 0) is 0 Å². The molecule has 0 amide bonds. The highest BCUT2D eigenvalue weighted by molar-refractivity contribution is 5.26. The molecule has 2 heteroatoms. The molecule has 0 aromatic carbocycles. The number of aromatic nitrogens is 2. The Bertz CT molecular complexity index is 198. The number of hydrogen-bond donors (Lipinski definition) is 0. The standard InChI is InChI=1S/C7H6N2/c1-5-6(2)8-4-9-7(5)3/h2-4H,1H3. The van der Waals surface area contributed by atoms with Crippen LogP contribution in [0.4, 0.5) is 0 Å². The first-order valence-electron chi connectivity index (χ1n) is 2.54. The van der Waals surface area contributed by atoms with Crippen molar-refractivity contribution in [2.45, 2.75) is 6.92 Å². The van der Waals surface area contributed by atoms with E-state index in [1.807, 2.05) is 0 Å². The van der Waals surface area contributed by atoms with Gasteiger partial charge in [-0.25, -0.2) is 9.97 Å². The zero-order chi connectivity index (χ0) is 6.85. The van der Waals surface area contributed by atoms with E-state index in [4.69, 9.17) is 13.8 Å². The molecule has 9 heavy (non-hydrogen) atoms. The van der Waals surface area contributed by atoms with Crippen molar-refractivity contribution in [2.75, 3.05) is 0 Å². The molecule has 0 aliphatic carbocycles. The fraction of sp³-hybridized carbons (Fsp3) is 0.143. The Morgan fingerprint density at radius 2 is 1.67 bits per heavy atom. The van der Waals surface area contributed by atoms with Gasteiger partial charge >= 0.3 is 0 Å². The van der Waals surface area contributed by atoms with Gasteiger partial charge in [-0.15, -0.1) is 0 Å². The summed E-state index contributed by atoms with van der Waals surface area (Å²) < 4.78 is 0. The van der Waals surface area contributed by atoms with E-state index in [0.717, 1.165) is 5.56 Å². The van der Waals surface area contributed by atoms with Crippen molar-refractivity contribution in [1.82, 2.24) is 9.97 Å². The molecule has 0 bridgehead atoms. The predicted octanol–water partition coefficient (Wildman–Crippen LogP) is 0.903. The second kappa shape index (κ2) is 2.13. The van der Waals surface area contributed by atoms with E-state index in [9.17, 15) is 0 Å². The van der Waals surface area contributed by atoms with E-state index >= 15 is 0 Å². The highest BCUT2D eigenvalue weighted by Crippen LogP contribution is 2.03. The minimum atomic E-state index is 0.447. The molecule has 4 radical (unpaired) electrons. The predicted molar refractivity (Wildman–Crippen MR) is 33.6 cm³/mol. The van der Waals surface area contributed by atoms with Crippen molar-refractivity contribution in [3.05, 3.63) is 37.1 Å². The summed E-state index contributed by atoms with van der Waals surface area (Å²) in [4.78, 5) is 7.45. The number of rotatable bonds is 0.